The lowest BCUT2D eigenvalue weighted by Gasteiger charge is -2.24. The van der Waals surface area contributed by atoms with Gasteiger partial charge in [0, 0.05) is 11.1 Å². The predicted octanol–water partition coefficient (Wildman–Crippen LogP) is 4.14. The summed E-state index contributed by atoms with van der Waals surface area (Å²) in [6.07, 6.45) is 4.17. The van der Waals surface area contributed by atoms with Crippen molar-refractivity contribution in [3.8, 4) is 0 Å². The summed E-state index contributed by atoms with van der Waals surface area (Å²) in [6, 6.07) is 11.8. The number of sulfonamides is 1. The highest BCUT2D eigenvalue weighted by atomic mass is 35.5. The topological polar surface area (TPSA) is 102 Å². The minimum Gasteiger partial charge on any atom is -0.449 e. The smallest absolute Gasteiger partial charge is 0.338 e. The zero-order valence-electron chi connectivity index (χ0n) is 17.1. The van der Waals surface area contributed by atoms with Crippen LogP contribution >= 0.6 is 11.6 Å². The molecule has 2 aromatic carbocycles. The molecule has 166 valence electrons. The first kappa shape index (κ1) is 23.1. The number of halogens is 1. The number of carbonyl (C=O) groups excluding carboxylic acids is 2. The predicted molar refractivity (Wildman–Crippen MR) is 119 cm³/mol. The monoisotopic (exact) mass is 464 g/mol. The summed E-state index contributed by atoms with van der Waals surface area (Å²) in [5.74, 6) is -1.13. The van der Waals surface area contributed by atoms with Crippen molar-refractivity contribution in [2.24, 2.45) is 0 Å². The molecule has 7 nitrogen and oxygen atoms in total. The lowest BCUT2D eigenvalue weighted by atomic mass is 9.95. The standard InChI is InChI=1S/C22H25ClN2O5S/c1-15(21(26)24-18-9-3-2-4-10-18)30-22(27)16-7-5-12-20(13-16)31(28,29)25-19-11-6-8-17(23)14-19/h5-8,11-15,18,25H,2-4,9-10H2,1H3,(H,24,26). The van der Waals surface area contributed by atoms with Crippen molar-refractivity contribution in [2.75, 3.05) is 4.72 Å². The highest BCUT2D eigenvalue weighted by Gasteiger charge is 2.24. The maximum absolute atomic E-state index is 12.7. The third kappa shape index (κ3) is 6.45. The average molecular weight is 465 g/mol. The van der Waals surface area contributed by atoms with Crippen LogP contribution in [0.15, 0.2) is 53.4 Å². The summed E-state index contributed by atoms with van der Waals surface area (Å²) in [5.41, 5.74) is 0.333. The number of esters is 1. The molecule has 0 radical (unpaired) electrons. The second kappa shape index (κ2) is 10.2. The Morgan fingerprint density at radius 3 is 2.48 bits per heavy atom. The Kier molecular flexibility index (Phi) is 7.56. The van der Waals surface area contributed by atoms with E-state index in [4.69, 9.17) is 16.3 Å². The fourth-order valence-electron chi connectivity index (χ4n) is 3.40. The van der Waals surface area contributed by atoms with E-state index in [1.165, 1.54) is 43.7 Å². The normalized spacial score (nSPS) is 15.7. The molecular formula is C22H25ClN2O5S. The highest BCUT2D eigenvalue weighted by Crippen LogP contribution is 2.21. The summed E-state index contributed by atoms with van der Waals surface area (Å²) in [7, 11) is -3.95. The van der Waals surface area contributed by atoms with Gasteiger partial charge in [0.25, 0.3) is 15.9 Å². The van der Waals surface area contributed by atoms with Gasteiger partial charge in [-0.25, -0.2) is 13.2 Å². The number of hydrogen-bond acceptors (Lipinski definition) is 5. The Labute approximate surface area is 187 Å². The number of nitrogens with one attached hydrogen (secondary N) is 2. The molecule has 0 bridgehead atoms. The molecule has 0 spiro atoms. The maximum Gasteiger partial charge on any atom is 0.338 e. The molecule has 9 heteroatoms. The van der Waals surface area contributed by atoms with E-state index in [0.717, 1.165) is 25.7 Å². The largest absolute Gasteiger partial charge is 0.449 e. The van der Waals surface area contributed by atoms with E-state index in [-0.39, 0.29) is 22.4 Å². The Morgan fingerprint density at radius 1 is 1.06 bits per heavy atom. The molecule has 1 fully saturated rings. The Bertz CT molecular complexity index is 1050. The van der Waals surface area contributed by atoms with Crippen molar-refractivity contribution in [1.29, 1.82) is 0 Å². The first-order valence-corrected chi connectivity index (χ1v) is 12.0. The second-order valence-corrected chi connectivity index (χ2v) is 9.65. The van der Waals surface area contributed by atoms with Crippen LogP contribution in [-0.2, 0) is 19.6 Å². The van der Waals surface area contributed by atoms with Crippen molar-refractivity contribution < 1.29 is 22.7 Å². The van der Waals surface area contributed by atoms with Gasteiger partial charge in [-0.2, -0.15) is 0 Å². The third-order valence-electron chi connectivity index (χ3n) is 5.06. The summed E-state index contributed by atoms with van der Waals surface area (Å²) >= 11 is 5.89. The second-order valence-electron chi connectivity index (χ2n) is 7.53. The van der Waals surface area contributed by atoms with Crippen LogP contribution in [0.25, 0.3) is 0 Å². The number of anilines is 1. The number of hydrogen-bond donors (Lipinski definition) is 2. The summed E-state index contributed by atoms with van der Waals surface area (Å²) < 4.78 is 33.0. The average Bonchev–Trinajstić information content (AvgIpc) is 2.74. The Balaban J connectivity index is 1.65. The van der Waals surface area contributed by atoms with Crippen LogP contribution in [-0.4, -0.2) is 32.4 Å². The van der Waals surface area contributed by atoms with Gasteiger partial charge in [0.15, 0.2) is 6.10 Å². The van der Waals surface area contributed by atoms with Gasteiger partial charge in [0.2, 0.25) is 0 Å². The number of rotatable bonds is 7. The molecule has 1 atom stereocenters. The van der Waals surface area contributed by atoms with Crippen molar-refractivity contribution in [2.45, 2.75) is 56.1 Å². The van der Waals surface area contributed by atoms with Crippen molar-refractivity contribution >= 4 is 39.2 Å². The molecule has 0 aliphatic heterocycles. The lowest BCUT2D eigenvalue weighted by Crippen LogP contribution is -2.42. The number of carbonyl (C=O) groups is 2. The van der Waals surface area contributed by atoms with Gasteiger partial charge in [0.1, 0.15) is 0 Å². The molecule has 1 amide bonds. The van der Waals surface area contributed by atoms with Crippen LogP contribution in [0.2, 0.25) is 5.02 Å². The Hall–Kier alpha value is -2.58. The van der Waals surface area contributed by atoms with Crippen LogP contribution in [0.3, 0.4) is 0 Å². The summed E-state index contributed by atoms with van der Waals surface area (Å²) in [6.45, 7) is 1.50. The zero-order valence-corrected chi connectivity index (χ0v) is 18.7. The molecule has 3 rings (SSSR count). The molecule has 31 heavy (non-hydrogen) atoms. The number of ether oxygens (including phenoxy) is 1. The SMILES string of the molecule is CC(OC(=O)c1cccc(S(=O)(=O)Nc2cccc(Cl)c2)c1)C(=O)NC1CCCCC1. The maximum atomic E-state index is 12.7. The molecular weight excluding hydrogens is 440 g/mol. The molecule has 1 aliphatic rings. The van der Waals surface area contributed by atoms with Crippen LogP contribution in [0, 0.1) is 0 Å². The van der Waals surface area contributed by atoms with Gasteiger partial charge < -0.3 is 10.1 Å². The van der Waals surface area contributed by atoms with E-state index in [9.17, 15) is 18.0 Å². The molecule has 1 unspecified atom stereocenters. The van der Waals surface area contributed by atoms with Gasteiger partial charge >= 0.3 is 5.97 Å². The van der Waals surface area contributed by atoms with Crippen LogP contribution in [0.4, 0.5) is 5.69 Å². The molecule has 0 heterocycles. The first-order chi connectivity index (χ1) is 14.7. The van der Waals surface area contributed by atoms with Crippen molar-refractivity contribution in [3.05, 3.63) is 59.1 Å². The van der Waals surface area contributed by atoms with E-state index >= 15 is 0 Å². The minimum absolute atomic E-state index is 0.0336. The number of amides is 1. The molecule has 0 saturated heterocycles. The highest BCUT2D eigenvalue weighted by molar-refractivity contribution is 7.92. The Morgan fingerprint density at radius 2 is 1.77 bits per heavy atom. The zero-order chi connectivity index (χ0) is 22.4. The molecule has 2 aromatic rings. The number of benzene rings is 2. The van der Waals surface area contributed by atoms with Crippen LogP contribution < -0.4 is 10.0 Å². The minimum atomic E-state index is -3.95. The quantitative estimate of drug-likeness (QED) is 0.600. The molecule has 1 saturated carbocycles. The molecule has 1 aliphatic carbocycles. The van der Waals surface area contributed by atoms with Gasteiger partial charge in [-0.1, -0.05) is 43.0 Å². The lowest BCUT2D eigenvalue weighted by molar-refractivity contribution is -0.130. The van der Waals surface area contributed by atoms with E-state index < -0.39 is 22.1 Å². The van der Waals surface area contributed by atoms with Crippen molar-refractivity contribution in [3.63, 3.8) is 0 Å². The van der Waals surface area contributed by atoms with Gasteiger partial charge in [-0.05, 0) is 56.2 Å². The van der Waals surface area contributed by atoms with Gasteiger partial charge in [-0.3, -0.25) is 9.52 Å². The van der Waals surface area contributed by atoms with Gasteiger partial charge in [0.05, 0.1) is 16.1 Å². The van der Waals surface area contributed by atoms with E-state index in [1.807, 2.05) is 0 Å². The fourth-order valence-corrected chi connectivity index (χ4v) is 4.69. The van der Waals surface area contributed by atoms with E-state index in [2.05, 4.69) is 10.0 Å². The van der Waals surface area contributed by atoms with E-state index in [0.29, 0.717) is 10.7 Å². The van der Waals surface area contributed by atoms with E-state index in [1.54, 1.807) is 18.2 Å². The fraction of sp³-hybridized carbons (Fsp3) is 0.364. The van der Waals surface area contributed by atoms with Crippen molar-refractivity contribution in [1.82, 2.24) is 5.32 Å². The molecule has 0 aromatic heterocycles. The summed E-state index contributed by atoms with van der Waals surface area (Å²) in [4.78, 5) is 24.7. The summed E-state index contributed by atoms with van der Waals surface area (Å²) in [5, 5.41) is 3.30. The van der Waals surface area contributed by atoms with Crippen LogP contribution in [0.5, 0.6) is 0 Å². The molecule has 2 N–H and O–H groups in total. The third-order valence-corrected chi connectivity index (χ3v) is 6.68. The van der Waals surface area contributed by atoms with Gasteiger partial charge in [-0.15, -0.1) is 0 Å². The van der Waals surface area contributed by atoms with Crippen LogP contribution in [0.1, 0.15) is 49.4 Å². The first-order valence-electron chi connectivity index (χ1n) is 10.1.